The molecule has 3 nitrogen and oxygen atoms in total. The zero-order valence-electron chi connectivity index (χ0n) is 13.6. The first kappa shape index (κ1) is 19.1. The number of hydrogen-bond donors (Lipinski definition) is 2. The molecular weight excluding hydrogens is 334 g/mol. The van der Waals surface area contributed by atoms with Crippen molar-refractivity contribution in [1.29, 1.82) is 0 Å². The van der Waals surface area contributed by atoms with Crippen molar-refractivity contribution in [2.24, 2.45) is 0 Å². The van der Waals surface area contributed by atoms with Gasteiger partial charge in [-0.15, -0.1) is 12.4 Å². The van der Waals surface area contributed by atoms with Crippen LogP contribution in [0.25, 0.3) is 10.8 Å². The first-order valence-corrected chi connectivity index (χ1v) is 7.96. The van der Waals surface area contributed by atoms with E-state index in [1.54, 1.807) is 11.0 Å². The zero-order valence-corrected chi connectivity index (χ0v) is 14.5. The third kappa shape index (κ3) is 3.54. The number of nitrogens with zero attached hydrogens (tertiary/aromatic N) is 1. The van der Waals surface area contributed by atoms with Crippen LogP contribution in [0.3, 0.4) is 0 Å². The molecule has 2 aromatic rings. The van der Waals surface area contributed by atoms with Gasteiger partial charge < -0.3 is 10.4 Å². The highest BCUT2D eigenvalue weighted by Gasteiger charge is 2.44. The molecule has 132 valence electrons. The summed E-state index contributed by atoms with van der Waals surface area (Å²) in [5.41, 5.74) is 1.66. The molecule has 1 aliphatic heterocycles. The van der Waals surface area contributed by atoms with Crippen molar-refractivity contribution in [1.82, 2.24) is 10.2 Å². The average molecular weight is 357 g/mol. The lowest BCUT2D eigenvalue weighted by atomic mass is 9.91. The van der Waals surface area contributed by atoms with Crippen molar-refractivity contribution >= 4 is 23.2 Å². The summed E-state index contributed by atoms with van der Waals surface area (Å²) in [6, 6.07) is 10.2. The topological polar surface area (TPSA) is 35.5 Å². The van der Waals surface area contributed by atoms with E-state index in [0.29, 0.717) is 31.7 Å². The highest BCUT2D eigenvalue weighted by molar-refractivity contribution is 5.89. The van der Waals surface area contributed by atoms with Gasteiger partial charge in [-0.1, -0.05) is 36.4 Å². The van der Waals surface area contributed by atoms with Crippen LogP contribution in [0.2, 0.25) is 0 Å². The monoisotopic (exact) mass is 356 g/mol. The lowest BCUT2D eigenvalue weighted by Crippen LogP contribution is -2.51. The molecule has 1 aliphatic rings. The quantitative estimate of drug-likeness (QED) is 0.883. The van der Waals surface area contributed by atoms with Gasteiger partial charge in [-0.05, 0) is 28.8 Å². The van der Waals surface area contributed by atoms with Crippen LogP contribution in [0, 0.1) is 6.92 Å². The van der Waals surface area contributed by atoms with E-state index in [0.717, 1.165) is 16.3 Å². The van der Waals surface area contributed by atoms with Gasteiger partial charge in [0.05, 0.1) is 0 Å². The van der Waals surface area contributed by atoms with Crippen LogP contribution < -0.4 is 5.32 Å². The standard InChI is InChI=1S/C18H22F2N2O.ClH/c1-13-6-7-16(15-5-3-2-4-14(13)15)17(18(19,20)12-23)22-10-8-21-9-11-22;/h2-7,17,21,23H,8-12H2,1H3;1H/t17-;/m0./s1. The molecule has 2 aromatic carbocycles. The van der Waals surface area contributed by atoms with Gasteiger partial charge in [0.1, 0.15) is 12.6 Å². The molecule has 0 aromatic heterocycles. The van der Waals surface area contributed by atoms with Crippen LogP contribution in [0.4, 0.5) is 8.78 Å². The second-order valence-electron chi connectivity index (χ2n) is 6.12. The molecule has 0 spiro atoms. The number of aliphatic hydroxyl groups is 1. The van der Waals surface area contributed by atoms with E-state index >= 15 is 0 Å². The first-order valence-electron chi connectivity index (χ1n) is 7.96. The van der Waals surface area contributed by atoms with Crippen molar-refractivity contribution in [3.05, 3.63) is 47.5 Å². The van der Waals surface area contributed by atoms with Crippen molar-refractivity contribution < 1.29 is 13.9 Å². The first-order chi connectivity index (χ1) is 11.0. The summed E-state index contributed by atoms with van der Waals surface area (Å²) in [5.74, 6) is -3.19. The third-order valence-corrected chi connectivity index (χ3v) is 4.60. The Morgan fingerprint density at radius 2 is 1.75 bits per heavy atom. The number of nitrogens with one attached hydrogen (secondary N) is 1. The molecule has 24 heavy (non-hydrogen) atoms. The maximum Gasteiger partial charge on any atom is 0.289 e. The normalized spacial score (nSPS) is 17.5. The Kier molecular flexibility index (Phi) is 6.15. The molecule has 0 bridgehead atoms. The molecule has 0 aliphatic carbocycles. The molecule has 0 radical (unpaired) electrons. The van der Waals surface area contributed by atoms with E-state index in [2.05, 4.69) is 5.32 Å². The van der Waals surface area contributed by atoms with Crippen LogP contribution in [-0.4, -0.2) is 48.7 Å². The number of benzene rings is 2. The number of rotatable bonds is 4. The van der Waals surface area contributed by atoms with E-state index in [1.807, 2.05) is 37.3 Å². The van der Waals surface area contributed by atoms with Gasteiger partial charge in [0.2, 0.25) is 0 Å². The fraction of sp³-hybridized carbons (Fsp3) is 0.444. The lowest BCUT2D eigenvalue weighted by Gasteiger charge is -2.39. The SMILES string of the molecule is Cc1ccc([C@H](N2CCNCC2)C(F)(F)CO)c2ccccc12.Cl. The molecular formula is C18H23ClF2N2O. The molecule has 1 heterocycles. The van der Waals surface area contributed by atoms with Gasteiger partial charge in [-0.3, -0.25) is 4.90 Å². The molecule has 6 heteroatoms. The minimum absolute atomic E-state index is 0. The van der Waals surface area contributed by atoms with Crippen LogP contribution in [0.15, 0.2) is 36.4 Å². The van der Waals surface area contributed by atoms with Crippen molar-refractivity contribution in [3.63, 3.8) is 0 Å². The van der Waals surface area contributed by atoms with Gasteiger partial charge in [-0.2, -0.15) is 0 Å². The number of fused-ring (bicyclic) bond motifs is 1. The summed E-state index contributed by atoms with van der Waals surface area (Å²) < 4.78 is 29.2. The Bertz CT molecular complexity index is 690. The summed E-state index contributed by atoms with van der Waals surface area (Å²) in [5, 5.41) is 14.3. The number of hydrogen-bond acceptors (Lipinski definition) is 3. The second kappa shape index (κ2) is 7.74. The Labute approximate surface area is 147 Å². The van der Waals surface area contributed by atoms with Crippen molar-refractivity contribution in [2.75, 3.05) is 32.8 Å². The number of alkyl halides is 2. The Hall–Kier alpha value is -1.27. The highest BCUT2D eigenvalue weighted by Crippen LogP contribution is 2.40. The predicted molar refractivity (Wildman–Crippen MR) is 95.1 cm³/mol. The van der Waals surface area contributed by atoms with Gasteiger partial charge >= 0.3 is 0 Å². The fourth-order valence-corrected chi connectivity index (χ4v) is 3.43. The largest absolute Gasteiger partial charge is 0.390 e. The maximum absolute atomic E-state index is 14.6. The van der Waals surface area contributed by atoms with Crippen LogP contribution in [0.1, 0.15) is 17.2 Å². The molecule has 1 fully saturated rings. The lowest BCUT2D eigenvalue weighted by molar-refractivity contribution is -0.118. The maximum atomic E-state index is 14.6. The third-order valence-electron chi connectivity index (χ3n) is 4.60. The average Bonchev–Trinajstić information content (AvgIpc) is 2.58. The Morgan fingerprint density at radius 1 is 1.12 bits per heavy atom. The molecule has 0 saturated carbocycles. The summed E-state index contributed by atoms with van der Waals surface area (Å²) in [7, 11) is 0. The van der Waals surface area contributed by atoms with Crippen LogP contribution >= 0.6 is 12.4 Å². The zero-order chi connectivity index (χ0) is 16.4. The summed E-state index contributed by atoms with van der Waals surface area (Å²) >= 11 is 0. The van der Waals surface area contributed by atoms with Crippen LogP contribution in [-0.2, 0) is 0 Å². The Balaban J connectivity index is 0.00000208. The van der Waals surface area contributed by atoms with E-state index in [1.165, 1.54) is 0 Å². The fourth-order valence-electron chi connectivity index (χ4n) is 3.43. The van der Waals surface area contributed by atoms with Gasteiger partial charge in [0.25, 0.3) is 5.92 Å². The minimum atomic E-state index is -3.19. The highest BCUT2D eigenvalue weighted by atomic mass is 35.5. The molecule has 2 N–H and O–H groups in total. The van der Waals surface area contributed by atoms with Gasteiger partial charge in [-0.25, -0.2) is 8.78 Å². The smallest absolute Gasteiger partial charge is 0.289 e. The van der Waals surface area contributed by atoms with E-state index < -0.39 is 18.6 Å². The molecule has 0 amide bonds. The Morgan fingerprint density at radius 3 is 2.38 bits per heavy atom. The predicted octanol–water partition coefficient (Wildman–Crippen LogP) is 3.14. The van der Waals surface area contributed by atoms with Crippen molar-refractivity contribution in [2.45, 2.75) is 18.9 Å². The van der Waals surface area contributed by atoms with E-state index in [-0.39, 0.29) is 12.4 Å². The second-order valence-corrected chi connectivity index (χ2v) is 6.12. The minimum Gasteiger partial charge on any atom is -0.390 e. The number of piperazine rings is 1. The summed E-state index contributed by atoms with van der Waals surface area (Å²) in [6.07, 6.45) is 0. The van der Waals surface area contributed by atoms with E-state index in [4.69, 9.17) is 0 Å². The summed E-state index contributed by atoms with van der Waals surface area (Å²) in [4.78, 5) is 1.78. The molecule has 0 unspecified atom stereocenters. The molecule has 3 rings (SSSR count). The molecule has 1 saturated heterocycles. The van der Waals surface area contributed by atoms with E-state index in [9.17, 15) is 13.9 Å². The summed E-state index contributed by atoms with van der Waals surface area (Å²) in [6.45, 7) is 3.29. The number of aliphatic hydroxyl groups excluding tert-OH is 1. The van der Waals surface area contributed by atoms with Gasteiger partial charge in [0, 0.05) is 26.2 Å². The number of halogens is 3. The molecule has 1 atom stereocenters. The number of aryl methyl sites for hydroxylation is 1. The van der Waals surface area contributed by atoms with Crippen LogP contribution in [0.5, 0.6) is 0 Å². The van der Waals surface area contributed by atoms with Gasteiger partial charge in [0.15, 0.2) is 0 Å². The van der Waals surface area contributed by atoms with Crippen molar-refractivity contribution in [3.8, 4) is 0 Å².